The summed E-state index contributed by atoms with van der Waals surface area (Å²) < 4.78 is 38.3. The van der Waals surface area contributed by atoms with Crippen molar-refractivity contribution in [3.05, 3.63) is 33.8 Å². The van der Waals surface area contributed by atoms with Crippen LogP contribution in [0.5, 0.6) is 0 Å². The van der Waals surface area contributed by atoms with E-state index in [1.165, 1.54) is 12.1 Å². The SMILES string of the molecule is CC(NC(=O)c1ccc(Br)c(C(F)(F)F)c1)C1CCC1. The Morgan fingerprint density at radius 2 is 2.05 bits per heavy atom. The molecule has 1 unspecified atom stereocenters. The molecule has 1 aromatic carbocycles. The topological polar surface area (TPSA) is 29.1 Å². The normalized spacial score (nSPS) is 17.4. The average molecular weight is 350 g/mol. The minimum absolute atomic E-state index is 0.00534. The zero-order valence-corrected chi connectivity index (χ0v) is 12.5. The lowest BCUT2D eigenvalue weighted by atomic mass is 9.80. The molecule has 0 radical (unpaired) electrons. The average Bonchev–Trinajstić information content (AvgIpc) is 2.25. The van der Waals surface area contributed by atoms with E-state index >= 15 is 0 Å². The van der Waals surface area contributed by atoms with Gasteiger partial charge >= 0.3 is 6.18 Å². The standard InChI is InChI=1S/C14H15BrF3NO/c1-8(9-3-2-4-9)19-13(20)10-5-6-12(15)11(7-10)14(16,17)18/h5-9H,2-4H2,1H3,(H,19,20). The smallest absolute Gasteiger partial charge is 0.349 e. The minimum Gasteiger partial charge on any atom is -0.349 e. The van der Waals surface area contributed by atoms with Crippen LogP contribution in [-0.2, 0) is 6.18 Å². The van der Waals surface area contributed by atoms with E-state index in [0.29, 0.717) is 5.92 Å². The first-order chi connectivity index (χ1) is 9.29. The maximum atomic E-state index is 12.8. The summed E-state index contributed by atoms with van der Waals surface area (Å²) in [5.74, 6) is -0.0149. The van der Waals surface area contributed by atoms with Crippen molar-refractivity contribution in [2.24, 2.45) is 5.92 Å². The summed E-state index contributed by atoms with van der Waals surface area (Å²) in [6.07, 6.45) is -1.19. The number of hydrogen-bond donors (Lipinski definition) is 1. The molecule has 0 aliphatic heterocycles. The van der Waals surface area contributed by atoms with Gasteiger partial charge in [0.25, 0.3) is 5.91 Å². The van der Waals surface area contributed by atoms with Crippen molar-refractivity contribution in [2.75, 3.05) is 0 Å². The third kappa shape index (κ3) is 3.34. The van der Waals surface area contributed by atoms with E-state index < -0.39 is 17.6 Å². The van der Waals surface area contributed by atoms with Crippen LogP contribution >= 0.6 is 15.9 Å². The van der Waals surface area contributed by atoms with Gasteiger partial charge in [-0.2, -0.15) is 13.2 Å². The molecule has 1 aliphatic carbocycles. The molecule has 0 spiro atoms. The van der Waals surface area contributed by atoms with E-state index in [9.17, 15) is 18.0 Å². The quantitative estimate of drug-likeness (QED) is 0.861. The van der Waals surface area contributed by atoms with Crippen molar-refractivity contribution in [3.8, 4) is 0 Å². The number of carbonyl (C=O) groups excluding carboxylic acids is 1. The maximum Gasteiger partial charge on any atom is 0.417 e. The molecule has 0 heterocycles. The highest BCUT2D eigenvalue weighted by atomic mass is 79.9. The van der Waals surface area contributed by atoms with Gasteiger partial charge in [-0.05, 0) is 43.9 Å². The Morgan fingerprint density at radius 1 is 1.40 bits per heavy atom. The molecule has 1 fully saturated rings. The predicted molar refractivity (Wildman–Crippen MR) is 73.4 cm³/mol. The second kappa shape index (κ2) is 5.76. The number of alkyl halides is 3. The van der Waals surface area contributed by atoms with Gasteiger partial charge in [-0.3, -0.25) is 4.79 Å². The Labute approximate surface area is 123 Å². The Kier molecular flexibility index (Phi) is 4.42. The van der Waals surface area contributed by atoms with Gasteiger partial charge in [0.1, 0.15) is 0 Å². The molecule has 2 nitrogen and oxygen atoms in total. The van der Waals surface area contributed by atoms with E-state index in [4.69, 9.17) is 0 Å². The van der Waals surface area contributed by atoms with Gasteiger partial charge in [0.15, 0.2) is 0 Å². The van der Waals surface area contributed by atoms with Gasteiger partial charge in [0.2, 0.25) is 0 Å². The number of rotatable bonds is 3. The number of halogens is 4. The first-order valence-electron chi connectivity index (χ1n) is 6.46. The molecule has 110 valence electrons. The Morgan fingerprint density at radius 3 is 2.55 bits per heavy atom. The highest BCUT2D eigenvalue weighted by Crippen LogP contribution is 2.35. The zero-order chi connectivity index (χ0) is 14.9. The Hall–Kier alpha value is -1.04. The number of benzene rings is 1. The van der Waals surface area contributed by atoms with Crippen LogP contribution in [0.25, 0.3) is 0 Å². The van der Waals surface area contributed by atoms with Crippen LogP contribution in [0.2, 0.25) is 0 Å². The van der Waals surface area contributed by atoms with E-state index in [0.717, 1.165) is 25.3 Å². The number of carbonyl (C=O) groups is 1. The van der Waals surface area contributed by atoms with Crippen LogP contribution in [0.4, 0.5) is 13.2 Å². The summed E-state index contributed by atoms with van der Waals surface area (Å²) in [6, 6.07) is 3.52. The fourth-order valence-corrected chi connectivity index (χ4v) is 2.70. The summed E-state index contributed by atoms with van der Waals surface area (Å²) in [5.41, 5.74) is -0.798. The molecule has 6 heteroatoms. The van der Waals surface area contributed by atoms with Crippen LogP contribution in [0.3, 0.4) is 0 Å². The highest BCUT2D eigenvalue weighted by Gasteiger charge is 2.34. The third-order valence-electron chi connectivity index (χ3n) is 3.75. The van der Waals surface area contributed by atoms with Crippen molar-refractivity contribution in [2.45, 2.75) is 38.4 Å². The summed E-state index contributed by atoms with van der Waals surface area (Å²) >= 11 is 2.86. The Bertz CT molecular complexity index is 512. The van der Waals surface area contributed by atoms with Crippen LogP contribution < -0.4 is 5.32 Å². The summed E-state index contributed by atoms with van der Waals surface area (Å²) in [7, 11) is 0. The van der Waals surface area contributed by atoms with Gasteiger partial charge in [0.05, 0.1) is 5.56 Å². The van der Waals surface area contributed by atoms with E-state index in [1.807, 2.05) is 6.92 Å². The number of nitrogens with one attached hydrogen (secondary N) is 1. The molecule has 2 rings (SSSR count). The second-order valence-electron chi connectivity index (χ2n) is 5.15. The molecule has 1 amide bonds. The summed E-state index contributed by atoms with van der Waals surface area (Å²) in [5, 5.41) is 2.77. The van der Waals surface area contributed by atoms with Gasteiger partial charge in [-0.25, -0.2) is 0 Å². The molecule has 1 N–H and O–H groups in total. The van der Waals surface area contributed by atoms with Gasteiger partial charge in [-0.15, -0.1) is 0 Å². The van der Waals surface area contributed by atoms with Crippen molar-refractivity contribution in [1.82, 2.24) is 5.32 Å². The second-order valence-corrected chi connectivity index (χ2v) is 6.00. The molecule has 1 saturated carbocycles. The molecule has 1 aliphatic rings. The summed E-state index contributed by atoms with van der Waals surface area (Å²) in [6.45, 7) is 1.89. The van der Waals surface area contributed by atoms with Gasteiger partial charge in [-0.1, -0.05) is 22.4 Å². The van der Waals surface area contributed by atoms with Gasteiger partial charge < -0.3 is 5.32 Å². The van der Waals surface area contributed by atoms with E-state index in [1.54, 1.807) is 0 Å². The lowest BCUT2D eigenvalue weighted by Crippen LogP contribution is -2.40. The third-order valence-corrected chi connectivity index (χ3v) is 4.44. The van der Waals surface area contributed by atoms with Crippen LogP contribution in [0.1, 0.15) is 42.1 Å². The van der Waals surface area contributed by atoms with Crippen LogP contribution in [-0.4, -0.2) is 11.9 Å². The van der Waals surface area contributed by atoms with Crippen molar-refractivity contribution in [3.63, 3.8) is 0 Å². The van der Waals surface area contributed by atoms with Crippen molar-refractivity contribution >= 4 is 21.8 Å². The number of hydrogen-bond acceptors (Lipinski definition) is 1. The van der Waals surface area contributed by atoms with Crippen LogP contribution in [0, 0.1) is 5.92 Å². The molecular weight excluding hydrogens is 335 g/mol. The van der Waals surface area contributed by atoms with Crippen molar-refractivity contribution in [1.29, 1.82) is 0 Å². The highest BCUT2D eigenvalue weighted by molar-refractivity contribution is 9.10. The molecule has 0 bridgehead atoms. The molecule has 1 atom stereocenters. The fraction of sp³-hybridized carbons (Fsp3) is 0.500. The molecule has 0 saturated heterocycles. The first kappa shape index (κ1) is 15.4. The molecule has 0 aromatic heterocycles. The zero-order valence-electron chi connectivity index (χ0n) is 10.9. The molecular formula is C14H15BrF3NO. The predicted octanol–water partition coefficient (Wildman–Crippen LogP) is 4.39. The van der Waals surface area contributed by atoms with E-state index in [-0.39, 0.29) is 16.1 Å². The Balaban J connectivity index is 2.13. The fourth-order valence-electron chi connectivity index (χ4n) is 2.23. The van der Waals surface area contributed by atoms with Crippen LogP contribution in [0.15, 0.2) is 22.7 Å². The maximum absolute atomic E-state index is 12.8. The number of amides is 1. The van der Waals surface area contributed by atoms with Crippen molar-refractivity contribution < 1.29 is 18.0 Å². The monoisotopic (exact) mass is 349 g/mol. The summed E-state index contributed by atoms with van der Waals surface area (Å²) in [4.78, 5) is 12.0. The first-order valence-corrected chi connectivity index (χ1v) is 7.26. The lowest BCUT2D eigenvalue weighted by molar-refractivity contribution is -0.138. The molecule has 1 aromatic rings. The minimum atomic E-state index is -4.48. The largest absolute Gasteiger partial charge is 0.417 e. The molecule has 20 heavy (non-hydrogen) atoms. The van der Waals surface area contributed by atoms with E-state index in [2.05, 4.69) is 21.2 Å². The van der Waals surface area contributed by atoms with Gasteiger partial charge in [0, 0.05) is 16.1 Å². The lowest BCUT2D eigenvalue weighted by Gasteiger charge is -2.31.